The van der Waals surface area contributed by atoms with E-state index < -0.39 is 53.8 Å². The molecule has 0 aliphatic heterocycles. The Morgan fingerprint density at radius 2 is 1.70 bits per heavy atom. The molecule has 2 aromatic rings. The second-order valence-corrected chi connectivity index (χ2v) is 8.83. The van der Waals surface area contributed by atoms with Gasteiger partial charge in [0.05, 0.1) is 30.1 Å². The highest BCUT2D eigenvalue weighted by molar-refractivity contribution is 7.91. The van der Waals surface area contributed by atoms with E-state index in [1.807, 2.05) is 0 Å². The van der Waals surface area contributed by atoms with Gasteiger partial charge in [0.2, 0.25) is 0 Å². The van der Waals surface area contributed by atoms with E-state index >= 15 is 0 Å². The van der Waals surface area contributed by atoms with Crippen LogP contribution < -0.4 is 4.74 Å². The van der Waals surface area contributed by atoms with Gasteiger partial charge >= 0.3 is 5.97 Å². The number of nitrogens with zero attached hydrogens (tertiary/aromatic N) is 3. The van der Waals surface area contributed by atoms with E-state index in [-0.39, 0.29) is 13.0 Å². The van der Waals surface area contributed by atoms with Crippen molar-refractivity contribution in [1.29, 1.82) is 0 Å². The van der Waals surface area contributed by atoms with Gasteiger partial charge in [-0.15, -0.1) is 0 Å². The largest absolute Gasteiger partial charge is 0.497 e. The second kappa shape index (κ2) is 10.8. The Hall–Kier alpha value is -3.58. The summed E-state index contributed by atoms with van der Waals surface area (Å²) in [5, 5.41) is 22.3. The van der Waals surface area contributed by atoms with Crippen LogP contribution >= 0.6 is 0 Å². The monoisotopic (exact) mass is 481 g/mol. The van der Waals surface area contributed by atoms with Gasteiger partial charge in [-0.05, 0) is 36.7 Å². The molecule has 0 spiro atoms. The maximum Gasteiger partial charge on any atom is 0.323 e. The minimum atomic E-state index is -4.35. The van der Waals surface area contributed by atoms with Gasteiger partial charge < -0.3 is 9.47 Å². The number of non-ortho nitro benzene ring substituents is 1. The normalized spacial score (nSPS) is 12.2. The summed E-state index contributed by atoms with van der Waals surface area (Å²) in [5.41, 5.74) is -0.812. The lowest BCUT2D eigenvalue weighted by Crippen LogP contribution is -2.45. The summed E-state index contributed by atoms with van der Waals surface area (Å²) in [7, 11) is -1.66. The molecule has 1 atom stereocenters. The molecule has 0 aromatic heterocycles. The Morgan fingerprint density at radius 1 is 1.06 bits per heavy atom. The highest BCUT2D eigenvalue weighted by Gasteiger charge is 2.34. The maximum absolute atomic E-state index is 13.1. The number of methoxy groups -OCH3 is 2. The van der Waals surface area contributed by atoms with Crippen LogP contribution in [0.1, 0.15) is 12.5 Å². The Kier molecular flexibility index (Phi) is 8.43. The molecule has 0 bridgehead atoms. The van der Waals surface area contributed by atoms with E-state index in [9.17, 15) is 33.4 Å². The molecule has 12 nitrogen and oxygen atoms in total. The molecule has 0 aliphatic rings. The Balaban J connectivity index is 2.41. The first kappa shape index (κ1) is 25.7. The smallest absolute Gasteiger partial charge is 0.323 e. The lowest BCUT2D eigenvalue weighted by atomic mass is 10.0. The van der Waals surface area contributed by atoms with Gasteiger partial charge in [0.25, 0.3) is 11.4 Å². The van der Waals surface area contributed by atoms with E-state index in [4.69, 9.17) is 9.47 Å². The van der Waals surface area contributed by atoms with Crippen molar-refractivity contribution in [1.82, 2.24) is 4.90 Å². The van der Waals surface area contributed by atoms with Gasteiger partial charge in [0.1, 0.15) is 22.6 Å². The summed E-state index contributed by atoms with van der Waals surface area (Å²) in [6.45, 7) is 1.74. The molecule has 0 saturated carbocycles. The first-order chi connectivity index (χ1) is 15.5. The molecule has 0 radical (unpaired) electrons. The van der Waals surface area contributed by atoms with E-state index in [2.05, 4.69) is 0 Å². The van der Waals surface area contributed by atoms with E-state index in [1.54, 1.807) is 31.2 Å². The molecular weight excluding hydrogens is 458 g/mol. The summed E-state index contributed by atoms with van der Waals surface area (Å²) in [6.07, 6.45) is 0.113. The third-order valence-corrected chi connectivity index (χ3v) is 6.62. The van der Waals surface area contributed by atoms with Crippen molar-refractivity contribution in [3.8, 4) is 5.75 Å². The third-order valence-electron chi connectivity index (χ3n) is 4.93. The zero-order valence-electron chi connectivity index (χ0n) is 18.2. The summed E-state index contributed by atoms with van der Waals surface area (Å²) in [6, 6.07) is 8.13. The molecule has 0 heterocycles. The second-order valence-electron chi connectivity index (χ2n) is 6.91. The molecule has 0 aliphatic carbocycles. The average molecular weight is 481 g/mol. The fraction of sp³-hybridized carbons (Fsp3) is 0.350. The van der Waals surface area contributed by atoms with Crippen molar-refractivity contribution in [3.05, 3.63) is 68.3 Å². The highest BCUT2D eigenvalue weighted by atomic mass is 32.2. The van der Waals surface area contributed by atoms with Crippen LogP contribution in [-0.2, 0) is 25.8 Å². The van der Waals surface area contributed by atoms with E-state index in [1.165, 1.54) is 19.1 Å². The van der Waals surface area contributed by atoms with E-state index in [0.717, 1.165) is 12.1 Å². The molecule has 1 unspecified atom stereocenters. The molecule has 2 aromatic carbocycles. The number of esters is 1. The highest BCUT2D eigenvalue weighted by Crippen LogP contribution is 2.30. The number of ether oxygens (including phenoxy) is 2. The van der Waals surface area contributed by atoms with Crippen LogP contribution in [0.25, 0.3) is 0 Å². The van der Waals surface area contributed by atoms with Crippen molar-refractivity contribution in [2.75, 3.05) is 26.6 Å². The van der Waals surface area contributed by atoms with Gasteiger partial charge in [-0.3, -0.25) is 29.9 Å². The predicted octanol–water partition coefficient (Wildman–Crippen LogP) is 2.35. The molecule has 0 amide bonds. The van der Waals surface area contributed by atoms with Gasteiger partial charge in [0.15, 0.2) is 9.84 Å². The summed E-state index contributed by atoms with van der Waals surface area (Å²) >= 11 is 0. The van der Waals surface area contributed by atoms with Gasteiger partial charge in [-0.25, -0.2) is 8.42 Å². The number of benzene rings is 2. The summed E-state index contributed by atoms with van der Waals surface area (Å²) in [4.78, 5) is 33.6. The minimum Gasteiger partial charge on any atom is -0.497 e. The fourth-order valence-electron chi connectivity index (χ4n) is 3.20. The SMILES string of the molecule is CCN(CS(=O)(=O)c1ccc([N+](=O)[O-])cc1[N+](=O)[O-])C(Cc1ccc(OC)cc1)C(=O)OC. The zero-order chi connectivity index (χ0) is 24.8. The molecular formula is C20H23N3O9S. The molecule has 2 rings (SSSR count). The molecule has 178 valence electrons. The van der Waals surface area contributed by atoms with Crippen LogP contribution in [-0.4, -0.2) is 61.8 Å². The lowest BCUT2D eigenvalue weighted by Gasteiger charge is -2.28. The predicted molar refractivity (Wildman–Crippen MR) is 117 cm³/mol. The number of carbonyl (C=O) groups is 1. The van der Waals surface area contributed by atoms with Crippen LogP contribution in [0.15, 0.2) is 47.4 Å². The molecule has 0 N–H and O–H groups in total. The Bertz CT molecular complexity index is 1130. The van der Waals surface area contributed by atoms with Crippen LogP contribution in [0.2, 0.25) is 0 Å². The number of nitro groups is 2. The molecule has 0 fully saturated rings. The number of rotatable bonds is 11. The zero-order valence-corrected chi connectivity index (χ0v) is 19.0. The number of likely N-dealkylation sites (N-methyl/N-ethyl adjacent to an activating group) is 1. The number of sulfone groups is 1. The molecule has 0 saturated heterocycles. The lowest BCUT2D eigenvalue weighted by molar-refractivity contribution is -0.396. The van der Waals surface area contributed by atoms with Crippen LogP contribution in [0.5, 0.6) is 5.75 Å². The molecule has 33 heavy (non-hydrogen) atoms. The summed E-state index contributed by atoms with van der Waals surface area (Å²) in [5.74, 6) is -0.812. The van der Waals surface area contributed by atoms with Crippen molar-refractivity contribution in [3.63, 3.8) is 0 Å². The van der Waals surface area contributed by atoms with Crippen LogP contribution in [0.3, 0.4) is 0 Å². The van der Waals surface area contributed by atoms with Crippen LogP contribution in [0, 0.1) is 20.2 Å². The number of nitro benzene ring substituents is 2. The standard InChI is InChI=1S/C20H23N3O9S/c1-4-21(18(20(24)32-3)11-14-5-8-16(31-2)9-6-14)13-33(29,30)19-10-7-15(22(25)26)12-17(19)23(27)28/h5-10,12,18H,4,11,13H2,1-3H3. The quantitative estimate of drug-likeness (QED) is 0.265. The number of hydrogen-bond donors (Lipinski definition) is 0. The van der Waals surface area contributed by atoms with Crippen molar-refractivity contribution < 1.29 is 32.5 Å². The third kappa shape index (κ3) is 6.23. The number of carbonyl (C=O) groups excluding carboxylic acids is 1. The maximum atomic E-state index is 13.1. The number of hydrogen-bond acceptors (Lipinski definition) is 10. The minimum absolute atomic E-state index is 0.107. The van der Waals surface area contributed by atoms with Gasteiger partial charge in [0, 0.05) is 6.07 Å². The topological polar surface area (TPSA) is 159 Å². The van der Waals surface area contributed by atoms with Crippen molar-refractivity contribution >= 4 is 27.2 Å². The Labute approximate surface area is 189 Å². The molecule has 13 heteroatoms. The van der Waals surface area contributed by atoms with Crippen LogP contribution in [0.4, 0.5) is 11.4 Å². The van der Waals surface area contributed by atoms with E-state index in [0.29, 0.717) is 17.4 Å². The van der Waals surface area contributed by atoms with Gasteiger partial charge in [-0.1, -0.05) is 19.1 Å². The average Bonchev–Trinajstić information content (AvgIpc) is 2.80. The first-order valence-electron chi connectivity index (χ1n) is 9.64. The van der Waals surface area contributed by atoms with Crippen molar-refractivity contribution in [2.45, 2.75) is 24.3 Å². The fourth-order valence-corrected chi connectivity index (χ4v) is 4.86. The Morgan fingerprint density at radius 3 is 2.18 bits per heavy atom. The summed E-state index contributed by atoms with van der Waals surface area (Å²) < 4.78 is 36.1. The first-order valence-corrected chi connectivity index (χ1v) is 11.3. The van der Waals surface area contributed by atoms with Crippen molar-refractivity contribution in [2.24, 2.45) is 0 Å². The van der Waals surface area contributed by atoms with Gasteiger partial charge in [-0.2, -0.15) is 0 Å².